The fraction of sp³-hybridized carbons (Fsp3) is 1.00. The molecule has 0 amide bonds. The molecular formula is C10H22. The largest absolute Gasteiger partial charge is 0.0651 e. The third-order valence-corrected chi connectivity index (χ3v) is 2.55. The van der Waals surface area contributed by atoms with Gasteiger partial charge in [0, 0.05) is 0 Å². The number of hydrogen-bond donors (Lipinski definition) is 0. The van der Waals surface area contributed by atoms with Crippen LogP contribution in [0.1, 0.15) is 53.4 Å². The molecule has 2 atom stereocenters. The maximum atomic E-state index is 2.35. The highest BCUT2D eigenvalue weighted by molar-refractivity contribution is 4.54. The molecule has 0 aliphatic heterocycles. The van der Waals surface area contributed by atoms with E-state index in [9.17, 15) is 0 Å². The Kier molecular flexibility index (Phi) is 5.76. The zero-order chi connectivity index (χ0) is 7.98. The molecule has 0 aromatic carbocycles. The molecule has 0 aromatic heterocycles. The molecule has 10 heavy (non-hydrogen) atoms. The summed E-state index contributed by atoms with van der Waals surface area (Å²) in [5.41, 5.74) is 0. The Hall–Kier alpha value is 0. The SMILES string of the molecule is CCC(C)CC[C@@H](C)CC. The summed E-state index contributed by atoms with van der Waals surface area (Å²) in [4.78, 5) is 0. The van der Waals surface area contributed by atoms with E-state index in [2.05, 4.69) is 27.7 Å². The maximum Gasteiger partial charge on any atom is -0.0445 e. The van der Waals surface area contributed by atoms with Crippen molar-refractivity contribution >= 4 is 0 Å². The zero-order valence-electron chi connectivity index (χ0n) is 7.98. The monoisotopic (exact) mass is 142 g/mol. The minimum atomic E-state index is 0.939. The van der Waals surface area contributed by atoms with E-state index in [-0.39, 0.29) is 0 Å². The molecule has 0 N–H and O–H groups in total. The molecule has 0 spiro atoms. The molecule has 0 nitrogen and oxygen atoms in total. The summed E-state index contributed by atoms with van der Waals surface area (Å²) >= 11 is 0. The predicted octanol–water partition coefficient (Wildman–Crippen LogP) is 3.86. The number of hydrogen-bond acceptors (Lipinski definition) is 0. The van der Waals surface area contributed by atoms with Crippen LogP contribution in [0, 0.1) is 11.8 Å². The first-order chi connectivity index (χ1) is 4.70. The molecule has 62 valence electrons. The van der Waals surface area contributed by atoms with Gasteiger partial charge in [-0.1, -0.05) is 53.4 Å². The van der Waals surface area contributed by atoms with Gasteiger partial charge in [-0.25, -0.2) is 0 Å². The van der Waals surface area contributed by atoms with E-state index in [0.29, 0.717) is 0 Å². The van der Waals surface area contributed by atoms with Gasteiger partial charge in [0.25, 0.3) is 0 Å². The van der Waals surface area contributed by atoms with Crippen molar-refractivity contribution < 1.29 is 0 Å². The average Bonchev–Trinajstić information content (AvgIpc) is 1.99. The summed E-state index contributed by atoms with van der Waals surface area (Å²) in [7, 11) is 0. The Morgan fingerprint density at radius 1 is 0.800 bits per heavy atom. The molecule has 0 saturated carbocycles. The first-order valence-electron chi connectivity index (χ1n) is 4.70. The molecular weight excluding hydrogens is 120 g/mol. The Bertz CT molecular complexity index is 56.4. The van der Waals surface area contributed by atoms with Crippen molar-refractivity contribution in [3.63, 3.8) is 0 Å². The molecule has 1 unspecified atom stereocenters. The van der Waals surface area contributed by atoms with Gasteiger partial charge in [-0.15, -0.1) is 0 Å². The molecule has 0 radical (unpaired) electrons. The van der Waals surface area contributed by atoms with E-state index in [1.54, 1.807) is 0 Å². The van der Waals surface area contributed by atoms with Crippen molar-refractivity contribution in [3.8, 4) is 0 Å². The van der Waals surface area contributed by atoms with Gasteiger partial charge in [-0.2, -0.15) is 0 Å². The third-order valence-electron chi connectivity index (χ3n) is 2.55. The highest BCUT2D eigenvalue weighted by Crippen LogP contribution is 2.16. The quantitative estimate of drug-likeness (QED) is 0.547. The summed E-state index contributed by atoms with van der Waals surface area (Å²) in [6.45, 7) is 9.26. The minimum absolute atomic E-state index is 0.939. The van der Waals surface area contributed by atoms with Crippen molar-refractivity contribution in [1.82, 2.24) is 0 Å². The van der Waals surface area contributed by atoms with E-state index in [4.69, 9.17) is 0 Å². The first-order valence-corrected chi connectivity index (χ1v) is 4.70. The molecule has 0 saturated heterocycles. The van der Waals surface area contributed by atoms with Crippen LogP contribution in [0.25, 0.3) is 0 Å². The normalized spacial score (nSPS) is 16.8. The molecule has 0 heterocycles. The highest BCUT2D eigenvalue weighted by Gasteiger charge is 2.02. The topological polar surface area (TPSA) is 0 Å². The molecule has 0 aromatic rings. The van der Waals surface area contributed by atoms with Gasteiger partial charge in [0.2, 0.25) is 0 Å². The smallest absolute Gasteiger partial charge is 0.0445 e. The molecule has 0 bridgehead atoms. The summed E-state index contributed by atoms with van der Waals surface area (Å²) < 4.78 is 0. The lowest BCUT2D eigenvalue weighted by molar-refractivity contribution is 0.415. The van der Waals surface area contributed by atoms with Crippen LogP contribution in [0.2, 0.25) is 0 Å². The summed E-state index contributed by atoms with van der Waals surface area (Å²) in [5, 5.41) is 0. The van der Waals surface area contributed by atoms with E-state index < -0.39 is 0 Å². The number of rotatable bonds is 5. The van der Waals surface area contributed by atoms with E-state index in [1.165, 1.54) is 25.7 Å². The summed E-state index contributed by atoms with van der Waals surface area (Å²) in [6.07, 6.45) is 5.53. The van der Waals surface area contributed by atoms with Gasteiger partial charge in [-0.05, 0) is 11.8 Å². The van der Waals surface area contributed by atoms with E-state index in [1.807, 2.05) is 0 Å². The second-order valence-corrected chi connectivity index (χ2v) is 3.60. The molecule has 0 heteroatoms. The second-order valence-electron chi connectivity index (χ2n) is 3.60. The van der Waals surface area contributed by atoms with Crippen molar-refractivity contribution in [2.75, 3.05) is 0 Å². The first kappa shape index (κ1) is 10.0. The Balaban J connectivity index is 3.17. The average molecular weight is 142 g/mol. The summed E-state index contributed by atoms with van der Waals surface area (Å²) in [6, 6.07) is 0. The third kappa shape index (κ3) is 4.84. The van der Waals surface area contributed by atoms with Crippen molar-refractivity contribution in [1.29, 1.82) is 0 Å². The second kappa shape index (κ2) is 5.76. The lowest BCUT2D eigenvalue weighted by Crippen LogP contribution is -1.97. The molecule has 0 aliphatic rings. The van der Waals surface area contributed by atoms with Crippen molar-refractivity contribution in [3.05, 3.63) is 0 Å². The maximum absolute atomic E-state index is 2.35. The van der Waals surface area contributed by atoms with Crippen LogP contribution in [0.5, 0.6) is 0 Å². The molecule has 0 rings (SSSR count). The lowest BCUT2D eigenvalue weighted by atomic mass is 9.95. The van der Waals surface area contributed by atoms with Gasteiger partial charge in [0.15, 0.2) is 0 Å². The summed E-state index contributed by atoms with van der Waals surface area (Å²) in [5.74, 6) is 1.88. The van der Waals surface area contributed by atoms with Crippen LogP contribution in [-0.4, -0.2) is 0 Å². The van der Waals surface area contributed by atoms with Gasteiger partial charge >= 0.3 is 0 Å². The fourth-order valence-electron chi connectivity index (χ4n) is 0.977. The Labute approximate surface area is 66.0 Å². The zero-order valence-corrected chi connectivity index (χ0v) is 7.98. The Morgan fingerprint density at radius 2 is 1.10 bits per heavy atom. The molecule has 0 aliphatic carbocycles. The van der Waals surface area contributed by atoms with Gasteiger partial charge < -0.3 is 0 Å². The Morgan fingerprint density at radius 3 is 1.30 bits per heavy atom. The van der Waals surface area contributed by atoms with Gasteiger partial charge in [0.1, 0.15) is 0 Å². The molecule has 0 fully saturated rings. The standard InChI is InChI=1S/C10H22/c1-5-9(3)7-8-10(4)6-2/h9-10H,5-8H2,1-4H3/t9-,10?/m0/s1. The van der Waals surface area contributed by atoms with Crippen LogP contribution >= 0.6 is 0 Å². The minimum Gasteiger partial charge on any atom is -0.0651 e. The fourth-order valence-corrected chi connectivity index (χ4v) is 0.977. The van der Waals surface area contributed by atoms with Crippen LogP contribution in [0.4, 0.5) is 0 Å². The van der Waals surface area contributed by atoms with Gasteiger partial charge in [-0.3, -0.25) is 0 Å². The highest BCUT2D eigenvalue weighted by atomic mass is 14.1. The lowest BCUT2D eigenvalue weighted by Gasteiger charge is -2.11. The van der Waals surface area contributed by atoms with Gasteiger partial charge in [0.05, 0.1) is 0 Å². The van der Waals surface area contributed by atoms with Crippen molar-refractivity contribution in [2.45, 2.75) is 53.4 Å². The van der Waals surface area contributed by atoms with E-state index >= 15 is 0 Å². The van der Waals surface area contributed by atoms with Crippen LogP contribution in [0.15, 0.2) is 0 Å². The predicted molar refractivity (Wildman–Crippen MR) is 48.1 cm³/mol. The van der Waals surface area contributed by atoms with Crippen LogP contribution < -0.4 is 0 Å². The van der Waals surface area contributed by atoms with E-state index in [0.717, 1.165) is 11.8 Å². The van der Waals surface area contributed by atoms with Crippen LogP contribution in [0.3, 0.4) is 0 Å². The van der Waals surface area contributed by atoms with Crippen molar-refractivity contribution in [2.24, 2.45) is 11.8 Å². The van der Waals surface area contributed by atoms with Crippen LogP contribution in [-0.2, 0) is 0 Å².